The van der Waals surface area contributed by atoms with Crippen LogP contribution < -0.4 is 0 Å². The SMILES string of the molecule is C=CC(=Cc1ccccc1C)O[Si](CC)(CC)CC. The molecular weight excluding hydrogens is 248 g/mol. The zero-order chi connectivity index (χ0) is 14.3. The molecule has 0 saturated heterocycles. The highest BCUT2D eigenvalue weighted by molar-refractivity contribution is 6.73. The first-order valence-electron chi connectivity index (χ1n) is 7.19. The maximum Gasteiger partial charge on any atom is 0.250 e. The lowest BCUT2D eigenvalue weighted by molar-refractivity contribution is 0.427. The van der Waals surface area contributed by atoms with Gasteiger partial charge in [-0.05, 0) is 48.3 Å². The van der Waals surface area contributed by atoms with Gasteiger partial charge in [0.1, 0.15) is 5.76 Å². The van der Waals surface area contributed by atoms with Crippen LogP contribution in [0.25, 0.3) is 6.08 Å². The molecule has 0 aliphatic heterocycles. The van der Waals surface area contributed by atoms with Crippen LogP contribution in [-0.2, 0) is 4.43 Å². The Hall–Kier alpha value is -1.28. The topological polar surface area (TPSA) is 9.23 Å². The molecule has 2 heteroatoms. The number of benzene rings is 1. The largest absolute Gasteiger partial charge is 0.544 e. The predicted octanol–water partition coefficient (Wildman–Crippen LogP) is 5.54. The maximum absolute atomic E-state index is 6.38. The Morgan fingerprint density at radius 3 is 2.21 bits per heavy atom. The Balaban J connectivity index is 3.01. The van der Waals surface area contributed by atoms with Gasteiger partial charge >= 0.3 is 0 Å². The van der Waals surface area contributed by atoms with Crippen molar-refractivity contribution < 1.29 is 4.43 Å². The van der Waals surface area contributed by atoms with Crippen molar-refractivity contribution in [3.8, 4) is 0 Å². The van der Waals surface area contributed by atoms with E-state index in [-0.39, 0.29) is 0 Å². The summed E-state index contributed by atoms with van der Waals surface area (Å²) >= 11 is 0. The van der Waals surface area contributed by atoms with Gasteiger partial charge in [0.05, 0.1) is 0 Å². The first-order valence-corrected chi connectivity index (χ1v) is 9.72. The molecular formula is C17H26OSi. The van der Waals surface area contributed by atoms with Crippen molar-refractivity contribution in [1.82, 2.24) is 0 Å². The minimum atomic E-state index is -1.61. The van der Waals surface area contributed by atoms with Crippen LogP contribution in [-0.4, -0.2) is 8.32 Å². The lowest BCUT2D eigenvalue weighted by Crippen LogP contribution is -2.35. The van der Waals surface area contributed by atoms with E-state index in [0.717, 1.165) is 23.9 Å². The maximum atomic E-state index is 6.38. The van der Waals surface area contributed by atoms with Gasteiger partial charge in [-0.25, -0.2) is 0 Å². The van der Waals surface area contributed by atoms with Gasteiger partial charge in [0, 0.05) is 0 Å². The fraction of sp³-hybridized carbons (Fsp3) is 0.412. The summed E-state index contributed by atoms with van der Waals surface area (Å²) in [5.74, 6) is 0.923. The quantitative estimate of drug-likeness (QED) is 0.360. The first-order chi connectivity index (χ1) is 9.10. The van der Waals surface area contributed by atoms with E-state index < -0.39 is 8.32 Å². The molecule has 0 unspecified atom stereocenters. The molecule has 0 aliphatic rings. The molecule has 0 aromatic heterocycles. The molecule has 0 atom stereocenters. The smallest absolute Gasteiger partial charge is 0.250 e. The highest BCUT2D eigenvalue weighted by atomic mass is 28.4. The van der Waals surface area contributed by atoms with Crippen molar-refractivity contribution in [1.29, 1.82) is 0 Å². The third-order valence-electron chi connectivity index (χ3n) is 3.95. The minimum absolute atomic E-state index is 0.923. The van der Waals surface area contributed by atoms with Gasteiger partial charge in [0.15, 0.2) is 0 Å². The van der Waals surface area contributed by atoms with Crippen molar-refractivity contribution in [3.05, 3.63) is 53.8 Å². The lowest BCUT2D eigenvalue weighted by atomic mass is 10.1. The van der Waals surface area contributed by atoms with E-state index in [4.69, 9.17) is 4.43 Å². The Labute approximate surface area is 119 Å². The summed E-state index contributed by atoms with van der Waals surface area (Å²) < 4.78 is 6.38. The molecule has 0 spiro atoms. The summed E-state index contributed by atoms with van der Waals surface area (Å²) in [4.78, 5) is 0. The zero-order valence-electron chi connectivity index (χ0n) is 12.7. The van der Waals surface area contributed by atoms with Crippen LogP contribution in [0.2, 0.25) is 18.1 Å². The number of rotatable bonds is 7. The molecule has 0 saturated carbocycles. The number of allylic oxidation sites excluding steroid dienone is 1. The van der Waals surface area contributed by atoms with Gasteiger partial charge in [-0.15, -0.1) is 0 Å². The van der Waals surface area contributed by atoms with Gasteiger partial charge < -0.3 is 4.43 Å². The molecule has 0 aliphatic carbocycles. The molecule has 0 fully saturated rings. The van der Waals surface area contributed by atoms with Crippen LogP contribution in [0.5, 0.6) is 0 Å². The minimum Gasteiger partial charge on any atom is -0.544 e. The molecule has 0 N–H and O–H groups in total. The molecule has 0 radical (unpaired) electrons. The Morgan fingerprint density at radius 2 is 1.74 bits per heavy atom. The predicted molar refractivity (Wildman–Crippen MR) is 87.6 cm³/mol. The first kappa shape index (κ1) is 15.8. The second-order valence-electron chi connectivity index (χ2n) is 4.95. The number of hydrogen-bond acceptors (Lipinski definition) is 1. The Kier molecular flexibility index (Phi) is 6.09. The van der Waals surface area contributed by atoms with Crippen LogP contribution in [0.3, 0.4) is 0 Å². The molecule has 0 amide bonds. The highest BCUT2D eigenvalue weighted by Crippen LogP contribution is 2.26. The Bertz CT molecular complexity index is 436. The fourth-order valence-electron chi connectivity index (χ4n) is 2.25. The van der Waals surface area contributed by atoms with Gasteiger partial charge in [0.25, 0.3) is 0 Å². The van der Waals surface area contributed by atoms with E-state index in [1.165, 1.54) is 11.1 Å². The van der Waals surface area contributed by atoms with Crippen molar-refractivity contribution in [2.45, 2.75) is 45.8 Å². The summed E-state index contributed by atoms with van der Waals surface area (Å²) in [5.41, 5.74) is 2.48. The molecule has 19 heavy (non-hydrogen) atoms. The second kappa shape index (κ2) is 7.34. The number of hydrogen-bond donors (Lipinski definition) is 0. The summed E-state index contributed by atoms with van der Waals surface area (Å²) in [5, 5.41) is 0. The standard InChI is InChI=1S/C17H26OSi/c1-6-17(18-19(7-2,8-3)9-4)14-16-13-11-10-12-15(16)5/h6,10-14H,1,7-9H2,2-5H3. The monoisotopic (exact) mass is 274 g/mol. The molecule has 1 aromatic carbocycles. The van der Waals surface area contributed by atoms with E-state index in [1.807, 2.05) is 6.08 Å². The lowest BCUT2D eigenvalue weighted by Gasteiger charge is -2.29. The van der Waals surface area contributed by atoms with E-state index in [2.05, 4.69) is 64.6 Å². The fourth-order valence-corrected chi connectivity index (χ4v) is 4.82. The summed E-state index contributed by atoms with van der Waals surface area (Å²) in [6.45, 7) is 12.8. The highest BCUT2D eigenvalue weighted by Gasteiger charge is 2.30. The van der Waals surface area contributed by atoms with Gasteiger partial charge in [0.2, 0.25) is 8.32 Å². The normalized spacial score (nSPS) is 12.3. The summed E-state index contributed by atoms with van der Waals surface area (Å²) in [6, 6.07) is 11.8. The van der Waals surface area contributed by atoms with Crippen LogP contribution in [0.15, 0.2) is 42.7 Å². The molecule has 1 rings (SSSR count). The summed E-state index contributed by atoms with van der Waals surface area (Å²) in [7, 11) is -1.61. The van der Waals surface area contributed by atoms with Gasteiger partial charge in [-0.3, -0.25) is 0 Å². The molecule has 0 bridgehead atoms. The molecule has 104 valence electrons. The van der Waals surface area contributed by atoms with E-state index in [1.54, 1.807) is 0 Å². The average Bonchev–Trinajstić information content (AvgIpc) is 2.46. The molecule has 1 aromatic rings. The third kappa shape index (κ3) is 4.10. The molecule has 0 heterocycles. The van der Waals surface area contributed by atoms with Crippen molar-refractivity contribution in [3.63, 3.8) is 0 Å². The van der Waals surface area contributed by atoms with E-state index in [0.29, 0.717) is 0 Å². The van der Waals surface area contributed by atoms with Crippen molar-refractivity contribution >= 4 is 14.4 Å². The summed E-state index contributed by atoms with van der Waals surface area (Å²) in [6.07, 6.45) is 3.96. The second-order valence-corrected chi connectivity index (χ2v) is 9.64. The van der Waals surface area contributed by atoms with Crippen LogP contribution >= 0.6 is 0 Å². The van der Waals surface area contributed by atoms with Gasteiger partial charge in [-0.1, -0.05) is 51.6 Å². The van der Waals surface area contributed by atoms with Crippen molar-refractivity contribution in [2.24, 2.45) is 0 Å². The zero-order valence-corrected chi connectivity index (χ0v) is 13.7. The average molecular weight is 274 g/mol. The van der Waals surface area contributed by atoms with Crippen molar-refractivity contribution in [2.75, 3.05) is 0 Å². The molecule has 1 nitrogen and oxygen atoms in total. The van der Waals surface area contributed by atoms with Crippen LogP contribution in [0, 0.1) is 6.92 Å². The van der Waals surface area contributed by atoms with E-state index in [9.17, 15) is 0 Å². The van der Waals surface area contributed by atoms with Crippen LogP contribution in [0.1, 0.15) is 31.9 Å². The number of aryl methyl sites for hydroxylation is 1. The van der Waals surface area contributed by atoms with E-state index >= 15 is 0 Å². The Morgan fingerprint density at radius 1 is 1.16 bits per heavy atom. The van der Waals surface area contributed by atoms with Gasteiger partial charge in [-0.2, -0.15) is 0 Å². The van der Waals surface area contributed by atoms with Crippen LogP contribution in [0.4, 0.5) is 0 Å². The third-order valence-corrected chi connectivity index (χ3v) is 8.49.